The highest BCUT2D eigenvalue weighted by molar-refractivity contribution is 4.77. The minimum Gasteiger partial charge on any atom is -0.396 e. The van der Waals surface area contributed by atoms with Gasteiger partial charge in [0.2, 0.25) is 0 Å². The Morgan fingerprint density at radius 2 is 1.85 bits per heavy atom. The number of rotatable bonds is 5. The SMILES string of the molecule is CC(O)CN(CCCO)C(C)(C)C. The maximum atomic E-state index is 9.28. The average Bonchev–Trinajstić information content (AvgIpc) is 1.95. The molecule has 0 aromatic carbocycles. The van der Waals surface area contributed by atoms with Gasteiger partial charge in [-0.2, -0.15) is 0 Å². The largest absolute Gasteiger partial charge is 0.396 e. The summed E-state index contributed by atoms with van der Waals surface area (Å²) in [4.78, 5) is 2.19. The fourth-order valence-electron chi connectivity index (χ4n) is 1.28. The predicted molar refractivity (Wildman–Crippen MR) is 54.7 cm³/mol. The van der Waals surface area contributed by atoms with Gasteiger partial charge in [0.05, 0.1) is 6.10 Å². The fraction of sp³-hybridized carbons (Fsp3) is 1.00. The number of hydrogen-bond donors (Lipinski definition) is 2. The molecule has 2 N–H and O–H groups in total. The van der Waals surface area contributed by atoms with Crippen molar-refractivity contribution in [2.75, 3.05) is 19.7 Å². The number of aliphatic hydroxyl groups excluding tert-OH is 2. The molecule has 13 heavy (non-hydrogen) atoms. The van der Waals surface area contributed by atoms with Crippen LogP contribution in [0.5, 0.6) is 0 Å². The van der Waals surface area contributed by atoms with Gasteiger partial charge in [-0.05, 0) is 34.1 Å². The van der Waals surface area contributed by atoms with Crippen LogP contribution in [-0.2, 0) is 0 Å². The first-order valence-electron chi connectivity index (χ1n) is 4.92. The zero-order chi connectivity index (χ0) is 10.5. The summed E-state index contributed by atoms with van der Waals surface area (Å²) in [7, 11) is 0. The van der Waals surface area contributed by atoms with Crippen molar-refractivity contribution in [3.8, 4) is 0 Å². The molecule has 0 aromatic rings. The van der Waals surface area contributed by atoms with Crippen molar-refractivity contribution in [3.63, 3.8) is 0 Å². The van der Waals surface area contributed by atoms with Gasteiger partial charge in [-0.1, -0.05) is 0 Å². The second-order valence-corrected chi connectivity index (χ2v) is 4.54. The molecule has 3 nitrogen and oxygen atoms in total. The molecule has 0 fully saturated rings. The van der Waals surface area contributed by atoms with E-state index in [-0.39, 0.29) is 18.2 Å². The molecule has 0 saturated carbocycles. The first kappa shape index (κ1) is 12.9. The maximum absolute atomic E-state index is 9.28. The van der Waals surface area contributed by atoms with Crippen molar-refractivity contribution in [3.05, 3.63) is 0 Å². The molecule has 0 amide bonds. The molecule has 0 bridgehead atoms. The monoisotopic (exact) mass is 189 g/mol. The van der Waals surface area contributed by atoms with E-state index in [1.54, 1.807) is 6.92 Å². The van der Waals surface area contributed by atoms with Crippen LogP contribution < -0.4 is 0 Å². The number of β-amino-alcohol motifs (C(OH)–C–C–N with tert-alkyl or cyclic N) is 1. The molecule has 0 spiro atoms. The lowest BCUT2D eigenvalue weighted by Crippen LogP contribution is -2.45. The van der Waals surface area contributed by atoms with Gasteiger partial charge in [0, 0.05) is 25.2 Å². The van der Waals surface area contributed by atoms with Gasteiger partial charge in [0.15, 0.2) is 0 Å². The third-order valence-corrected chi connectivity index (χ3v) is 2.02. The van der Waals surface area contributed by atoms with Gasteiger partial charge in [0.25, 0.3) is 0 Å². The summed E-state index contributed by atoms with van der Waals surface area (Å²) in [6, 6.07) is 0. The van der Waals surface area contributed by atoms with Gasteiger partial charge in [-0.15, -0.1) is 0 Å². The zero-order valence-electron chi connectivity index (χ0n) is 9.25. The molecule has 0 rings (SSSR count). The van der Waals surface area contributed by atoms with E-state index in [1.165, 1.54) is 0 Å². The lowest BCUT2D eigenvalue weighted by atomic mass is 10.1. The summed E-state index contributed by atoms with van der Waals surface area (Å²) in [5, 5.41) is 18.0. The van der Waals surface area contributed by atoms with Crippen molar-refractivity contribution < 1.29 is 10.2 Å². The molecule has 80 valence electrons. The van der Waals surface area contributed by atoms with Crippen LogP contribution in [0.4, 0.5) is 0 Å². The van der Waals surface area contributed by atoms with Gasteiger partial charge < -0.3 is 10.2 Å². The first-order valence-corrected chi connectivity index (χ1v) is 4.92. The van der Waals surface area contributed by atoms with Crippen LogP contribution in [0, 0.1) is 0 Å². The number of nitrogens with zero attached hydrogens (tertiary/aromatic N) is 1. The summed E-state index contributed by atoms with van der Waals surface area (Å²) in [6.07, 6.45) is 0.460. The lowest BCUT2D eigenvalue weighted by molar-refractivity contribution is 0.0620. The highest BCUT2D eigenvalue weighted by Crippen LogP contribution is 2.13. The van der Waals surface area contributed by atoms with Crippen molar-refractivity contribution in [1.82, 2.24) is 4.90 Å². The summed E-state index contributed by atoms with van der Waals surface area (Å²) >= 11 is 0. The van der Waals surface area contributed by atoms with Crippen molar-refractivity contribution in [2.45, 2.75) is 45.8 Å². The highest BCUT2D eigenvalue weighted by atomic mass is 16.3. The van der Waals surface area contributed by atoms with Crippen LogP contribution in [0.2, 0.25) is 0 Å². The third kappa shape index (κ3) is 6.02. The van der Waals surface area contributed by atoms with Gasteiger partial charge in [0.1, 0.15) is 0 Å². The summed E-state index contributed by atoms with van der Waals surface area (Å²) in [5.41, 5.74) is 0.0617. The maximum Gasteiger partial charge on any atom is 0.0639 e. The molecule has 0 saturated heterocycles. The first-order chi connectivity index (χ1) is 5.88. The molecule has 0 aliphatic rings. The molecule has 3 heteroatoms. The van der Waals surface area contributed by atoms with E-state index in [1.807, 2.05) is 0 Å². The zero-order valence-corrected chi connectivity index (χ0v) is 9.25. The number of aliphatic hydroxyl groups is 2. The lowest BCUT2D eigenvalue weighted by Gasteiger charge is -2.36. The third-order valence-electron chi connectivity index (χ3n) is 2.02. The van der Waals surface area contributed by atoms with Crippen molar-refractivity contribution >= 4 is 0 Å². The van der Waals surface area contributed by atoms with Gasteiger partial charge in [-0.25, -0.2) is 0 Å². The molecule has 0 aromatic heterocycles. The number of hydrogen-bond acceptors (Lipinski definition) is 3. The minimum atomic E-state index is -0.307. The van der Waals surface area contributed by atoms with Crippen LogP contribution in [0.25, 0.3) is 0 Å². The summed E-state index contributed by atoms with van der Waals surface area (Å²) in [6.45, 7) is 9.87. The van der Waals surface area contributed by atoms with Crippen LogP contribution in [0.15, 0.2) is 0 Å². The average molecular weight is 189 g/mol. The van der Waals surface area contributed by atoms with E-state index >= 15 is 0 Å². The normalized spacial score (nSPS) is 15.0. The Hall–Kier alpha value is -0.120. The Balaban J connectivity index is 4.03. The second-order valence-electron chi connectivity index (χ2n) is 4.54. The molecule has 1 unspecified atom stereocenters. The van der Waals surface area contributed by atoms with Gasteiger partial charge in [-0.3, -0.25) is 4.90 Å². The van der Waals surface area contributed by atoms with Crippen LogP contribution in [0.3, 0.4) is 0 Å². The van der Waals surface area contributed by atoms with Gasteiger partial charge >= 0.3 is 0 Å². The predicted octanol–water partition coefficient (Wildman–Crippen LogP) is 0.850. The standard InChI is InChI=1S/C10H23NO2/c1-9(13)8-11(6-5-7-12)10(2,3)4/h9,12-13H,5-8H2,1-4H3. The topological polar surface area (TPSA) is 43.7 Å². The highest BCUT2D eigenvalue weighted by Gasteiger charge is 2.21. The van der Waals surface area contributed by atoms with Crippen LogP contribution in [0.1, 0.15) is 34.1 Å². The Labute approximate surface area is 81.4 Å². The van der Waals surface area contributed by atoms with Crippen molar-refractivity contribution in [1.29, 1.82) is 0 Å². The summed E-state index contributed by atoms with van der Waals surface area (Å²) in [5.74, 6) is 0. The Bertz CT molecular complexity index is 129. The van der Waals surface area contributed by atoms with E-state index in [4.69, 9.17) is 5.11 Å². The molecule has 1 atom stereocenters. The second kappa shape index (κ2) is 5.58. The Kier molecular flexibility index (Phi) is 5.53. The van der Waals surface area contributed by atoms with E-state index in [2.05, 4.69) is 25.7 Å². The smallest absolute Gasteiger partial charge is 0.0639 e. The van der Waals surface area contributed by atoms with E-state index in [9.17, 15) is 5.11 Å². The van der Waals surface area contributed by atoms with Crippen molar-refractivity contribution in [2.24, 2.45) is 0 Å². The Morgan fingerprint density at radius 3 is 2.15 bits per heavy atom. The molecular formula is C10H23NO2. The van der Waals surface area contributed by atoms with E-state index < -0.39 is 0 Å². The summed E-state index contributed by atoms with van der Waals surface area (Å²) < 4.78 is 0. The molecule has 0 radical (unpaired) electrons. The molecule has 0 aliphatic heterocycles. The van der Waals surface area contributed by atoms with E-state index in [0.717, 1.165) is 13.0 Å². The molecular weight excluding hydrogens is 166 g/mol. The quantitative estimate of drug-likeness (QED) is 0.674. The minimum absolute atomic E-state index is 0.0617. The van der Waals surface area contributed by atoms with E-state index in [0.29, 0.717) is 6.54 Å². The molecule has 0 heterocycles. The van der Waals surface area contributed by atoms with Crippen LogP contribution in [-0.4, -0.2) is 46.5 Å². The van der Waals surface area contributed by atoms with Crippen LogP contribution >= 0.6 is 0 Å². The Morgan fingerprint density at radius 1 is 1.31 bits per heavy atom. The fourth-order valence-corrected chi connectivity index (χ4v) is 1.28. The molecule has 0 aliphatic carbocycles.